The molecule has 0 saturated heterocycles. The molecule has 2 atom stereocenters. The van der Waals surface area contributed by atoms with Gasteiger partial charge in [0.25, 0.3) is 0 Å². The number of amides is 3. The Morgan fingerprint density at radius 1 is 1.05 bits per heavy atom. The SMILES string of the molecule is Cc1cccc(C)c1C(C(=O)NC1CCCCC1)N(CC#N)C(=O)C(Cc1ccc(O)cc1)NC(=O)OC(C)(C)C. The van der Waals surface area contributed by atoms with Gasteiger partial charge in [0.2, 0.25) is 11.8 Å². The van der Waals surface area contributed by atoms with E-state index in [4.69, 9.17) is 4.74 Å². The first-order valence-corrected chi connectivity index (χ1v) is 14.2. The van der Waals surface area contributed by atoms with E-state index in [9.17, 15) is 24.8 Å². The van der Waals surface area contributed by atoms with Crippen LogP contribution in [0.25, 0.3) is 0 Å². The lowest BCUT2D eigenvalue weighted by Gasteiger charge is -2.35. The molecule has 0 heterocycles. The van der Waals surface area contributed by atoms with Gasteiger partial charge in [0.15, 0.2) is 0 Å². The lowest BCUT2D eigenvalue weighted by Crippen LogP contribution is -2.54. The van der Waals surface area contributed by atoms with E-state index < -0.39 is 29.7 Å². The highest BCUT2D eigenvalue weighted by Gasteiger charge is 2.38. The lowest BCUT2D eigenvalue weighted by molar-refractivity contribution is -0.142. The second-order valence-electron chi connectivity index (χ2n) is 11.7. The number of aromatic hydroxyl groups is 1. The number of ether oxygens (including phenoxy) is 1. The van der Waals surface area contributed by atoms with Crippen molar-refractivity contribution in [2.24, 2.45) is 0 Å². The van der Waals surface area contributed by atoms with Crippen LogP contribution in [0.3, 0.4) is 0 Å². The number of nitrogens with one attached hydrogen (secondary N) is 2. The fraction of sp³-hybridized carbons (Fsp3) is 0.500. The topological polar surface area (TPSA) is 132 Å². The van der Waals surface area contributed by atoms with E-state index >= 15 is 0 Å². The molecule has 2 aromatic carbocycles. The summed E-state index contributed by atoms with van der Waals surface area (Å²) < 4.78 is 5.44. The van der Waals surface area contributed by atoms with Gasteiger partial charge in [-0.15, -0.1) is 0 Å². The van der Waals surface area contributed by atoms with E-state index in [0.717, 1.165) is 43.2 Å². The monoisotopic (exact) mass is 562 g/mol. The Balaban J connectivity index is 2.04. The molecule has 0 bridgehead atoms. The minimum absolute atomic E-state index is 0.00482. The quantitative estimate of drug-likeness (QED) is 0.369. The third-order valence-electron chi connectivity index (χ3n) is 7.22. The standard InChI is InChI=1S/C32H42N4O5/c1-21-10-9-11-22(2)27(21)28(29(38)34-24-12-7-6-8-13-24)36(19-18-33)30(39)26(35-31(40)41-32(3,4)5)20-23-14-16-25(37)17-15-23/h9-11,14-17,24,26,28,37H,6-8,12-13,19-20H2,1-5H3,(H,34,38)(H,35,40). The van der Waals surface area contributed by atoms with E-state index in [2.05, 4.69) is 16.7 Å². The largest absolute Gasteiger partial charge is 0.508 e. The number of phenols is 1. The van der Waals surface area contributed by atoms with Crippen molar-refractivity contribution in [3.05, 3.63) is 64.7 Å². The fourth-order valence-electron chi connectivity index (χ4n) is 5.30. The third kappa shape index (κ3) is 8.97. The molecule has 2 unspecified atom stereocenters. The Bertz CT molecular complexity index is 1240. The second kappa shape index (κ2) is 14.0. The zero-order valence-electron chi connectivity index (χ0n) is 24.7. The number of hydrogen-bond donors (Lipinski definition) is 3. The van der Waals surface area contributed by atoms with Crippen molar-refractivity contribution in [1.82, 2.24) is 15.5 Å². The smallest absolute Gasteiger partial charge is 0.408 e. The van der Waals surface area contributed by atoms with Crippen LogP contribution in [-0.2, 0) is 20.7 Å². The summed E-state index contributed by atoms with van der Waals surface area (Å²) in [5.74, 6) is -0.868. The van der Waals surface area contributed by atoms with Gasteiger partial charge in [0.05, 0.1) is 6.07 Å². The van der Waals surface area contributed by atoms with Gasteiger partial charge in [-0.2, -0.15) is 5.26 Å². The fourth-order valence-corrected chi connectivity index (χ4v) is 5.30. The molecular weight excluding hydrogens is 520 g/mol. The summed E-state index contributed by atoms with van der Waals surface area (Å²) in [5.41, 5.74) is 2.16. The maximum Gasteiger partial charge on any atom is 0.408 e. The number of rotatable bonds is 9. The normalized spacial score (nSPS) is 15.2. The van der Waals surface area contributed by atoms with Crippen molar-refractivity contribution in [2.75, 3.05) is 6.54 Å². The Kier molecular flexibility index (Phi) is 10.8. The number of benzene rings is 2. The molecule has 0 spiro atoms. The van der Waals surface area contributed by atoms with Gasteiger partial charge >= 0.3 is 6.09 Å². The zero-order chi connectivity index (χ0) is 30.2. The highest BCUT2D eigenvalue weighted by molar-refractivity contribution is 5.93. The van der Waals surface area contributed by atoms with Crippen molar-refractivity contribution in [2.45, 2.75) is 96.9 Å². The Morgan fingerprint density at radius 2 is 1.66 bits per heavy atom. The third-order valence-corrected chi connectivity index (χ3v) is 7.22. The number of carbonyl (C=O) groups excluding carboxylic acids is 3. The number of nitrogens with zero attached hydrogens (tertiary/aromatic N) is 2. The molecule has 41 heavy (non-hydrogen) atoms. The molecule has 0 radical (unpaired) electrons. The number of nitriles is 1. The van der Waals surface area contributed by atoms with Gasteiger partial charge in [-0.1, -0.05) is 49.6 Å². The molecule has 1 aliphatic carbocycles. The minimum atomic E-state index is -1.14. The van der Waals surface area contributed by atoms with E-state index in [0.29, 0.717) is 11.1 Å². The van der Waals surface area contributed by atoms with Gasteiger partial charge in [-0.25, -0.2) is 4.79 Å². The van der Waals surface area contributed by atoms with Crippen molar-refractivity contribution >= 4 is 17.9 Å². The summed E-state index contributed by atoms with van der Waals surface area (Å²) in [6.07, 6.45) is 4.16. The van der Waals surface area contributed by atoms with Crippen molar-refractivity contribution < 1.29 is 24.2 Å². The molecule has 2 aromatic rings. The molecule has 1 fully saturated rings. The van der Waals surface area contributed by atoms with Gasteiger partial charge in [-0.3, -0.25) is 9.59 Å². The molecule has 220 valence electrons. The van der Waals surface area contributed by atoms with E-state index in [1.807, 2.05) is 32.0 Å². The van der Waals surface area contributed by atoms with Crippen LogP contribution in [0.4, 0.5) is 4.79 Å². The van der Waals surface area contributed by atoms with Gasteiger partial charge in [0, 0.05) is 12.5 Å². The maximum absolute atomic E-state index is 14.3. The summed E-state index contributed by atoms with van der Waals surface area (Å²) in [7, 11) is 0. The average molecular weight is 563 g/mol. The molecule has 0 aliphatic heterocycles. The zero-order valence-corrected chi connectivity index (χ0v) is 24.7. The lowest BCUT2D eigenvalue weighted by atomic mass is 9.91. The first-order chi connectivity index (χ1) is 19.4. The number of hydrogen-bond acceptors (Lipinski definition) is 6. The molecule has 3 amide bonds. The van der Waals surface area contributed by atoms with Crippen LogP contribution in [0.2, 0.25) is 0 Å². The van der Waals surface area contributed by atoms with Crippen LogP contribution in [0.5, 0.6) is 5.75 Å². The first kappa shape index (κ1) is 31.5. The van der Waals surface area contributed by atoms with Gasteiger partial charge in [-0.05, 0) is 81.8 Å². The number of carbonyl (C=O) groups is 3. The van der Waals surface area contributed by atoms with Crippen LogP contribution >= 0.6 is 0 Å². The summed E-state index contributed by atoms with van der Waals surface area (Å²) in [4.78, 5) is 42.4. The Labute approximate surface area is 242 Å². The maximum atomic E-state index is 14.3. The number of phenolic OH excluding ortho intramolecular Hbond substituents is 1. The highest BCUT2D eigenvalue weighted by Crippen LogP contribution is 2.30. The average Bonchev–Trinajstić information content (AvgIpc) is 2.90. The van der Waals surface area contributed by atoms with Crippen LogP contribution < -0.4 is 10.6 Å². The second-order valence-corrected chi connectivity index (χ2v) is 11.7. The molecule has 9 nitrogen and oxygen atoms in total. The summed E-state index contributed by atoms with van der Waals surface area (Å²) in [6.45, 7) is 8.56. The molecule has 3 N–H and O–H groups in total. The molecule has 1 saturated carbocycles. The predicted molar refractivity (Wildman–Crippen MR) is 156 cm³/mol. The van der Waals surface area contributed by atoms with E-state index in [1.165, 1.54) is 17.0 Å². The predicted octanol–water partition coefficient (Wildman–Crippen LogP) is 4.99. The van der Waals surface area contributed by atoms with E-state index in [1.54, 1.807) is 32.9 Å². The van der Waals surface area contributed by atoms with Crippen LogP contribution in [-0.4, -0.2) is 52.1 Å². The molecular formula is C32H42N4O5. The molecule has 0 aromatic heterocycles. The summed E-state index contributed by atoms with van der Waals surface area (Å²) in [6, 6.07) is 11.8. The van der Waals surface area contributed by atoms with Crippen molar-refractivity contribution in [1.29, 1.82) is 5.26 Å². The summed E-state index contributed by atoms with van der Waals surface area (Å²) >= 11 is 0. The molecule has 3 rings (SSSR count). The highest BCUT2D eigenvalue weighted by atomic mass is 16.6. The number of alkyl carbamates (subject to hydrolysis) is 1. The van der Waals surface area contributed by atoms with Gasteiger partial charge in [0.1, 0.15) is 30.0 Å². The summed E-state index contributed by atoms with van der Waals surface area (Å²) in [5, 5.41) is 25.4. The first-order valence-electron chi connectivity index (χ1n) is 14.2. The Hall–Kier alpha value is -4.06. The van der Waals surface area contributed by atoms with Crippen LogP contribution in [0.1, 0.15) is 81.2 Å². The van der Waals surface area contributed by atoms with Crippen LogP contribution in [0.15, 0.2) is 42.5 Å². The van der Waals surface area contributed by atoms with Crippen molar-refractivity contribution in [3.63, 3.8) is 0 Å². The Morgan fingerprint density at radius 3 is 2.22 bits per heavy atom. The minimum Gasteiger partial charge on any atom is -0.508 e. The van der Waals surface area contributed by atoms with Gasteiger partial charge < -0.3 is 25.4 Å². The molecule has 9 heteroatoms. The van der Waals surface area contributed by atoms with Crippen LogP contribution in [0, 0.1) is 25.2 Å². The number of aryl methyl sites for hydroxylation is 2. The van der Waals surface area contributed by atoms with Crippen molar-refractivity contribution in [3.8, 4) is 11.8 Å². The van der Waals surface area contributed by atoms with E-state index in [-0.39, 0.29) is 30.7 Å². The molecule has 1 aliphatic rings.